The van der Waals surface area contributed by atoms with Gasteiger partial charge in [-0.2, -0.15) is 0 Å². The molecule has 39 heavy (non-hydrogen) atoms. The molecule has 4 aromatic rings. The smallest absolute Gasteiger partial charge is 0.233 e. The van der Waals surface area contributed by atoms with Crippen LogP contribution in [0.1, 0.15) is 34.7 Å². The van der Waals surface area contributed by atoms with Gasteiger partial charge < -0.3 is 15.0 Å². The van der Waals surface area contributed by atoms with E-state index in [9.17, 15) is 9.59 Å². The van der Waals surface area contributed by atoms with Crippen LogP contribution in [0.5, 0.6) is 5.75 Å². The van der Waals surface area contributed by atoms with E-state index < -0.39 is 11.5 Å². The summed E-state index contributed by atoms with van der Waals surface area (Å²) >= 11 is 2.32. The van der Waals surface area contributed by atoms with E-state index in [4.69, 9.17) is 4.74 Å². The molecule has 0 spiro atoms. The van der Waals surface area contributed by atoms with Crippen molar-refractivity contribution in [3.8, 4) is 5.75 Å². The van der Waals surface area contributed by atoms with Gasteiger partial charge in [0.15, 0.2) is 0 Å². The predicted octanol–water partition coefficient (Wildman–Crippen LogP) is 6.07. The number of rotatable bonds is 9. The number of halogens is 1. The van der Waals surface area contributed by atoms with Crippen LogP contribution >= 0.6 is 22.6 Å². The van der Waals surface area contributed by atoms with Gasteiger partial charge in [0.2, 0.25) is 11.8 Å². The molecular weight excluding hydrogens is 599 g/mol. The Labute approximate surface area is 243 Å². The third-order valence-electron chi connectivity index (χ3n) is 7.48. The van der Waals surface area contributed by atoms with E-state index in [2.05, 4.69) is 27.9 Å². The van der Waals surface area contributed by atoms with Gasteiger partial charge in [-0.05, 0) is 69.5 Å². The second-order valence-corrected chi connectivity index (χ2v) is 11.0. The minimum absolute atomic E-state index is 0.0299. The molecule has 0 radical (unpaired) electrons. The zero-order valence-electron chi connectivity index (χ0n) is 21.8. The van der Waals surface area contributed by atoms with Gasteiger partial charge >= 0.3 is 0 Å². The number of hydrogen-bond donors (Lipinski definition) is 1. The van der Waals surface area contributed by atoms with Crippen molar-refractivity contribution in [1.29, 1.82) is 0 Å². The molecule has 0 aliphatic carbocycles. The summed E-state index contributed by atoms with van der Waals surface area (Å²) in [6.07, 6.45) is 0.781. The highest BCUT2D eigenvalue weighted by atomic mass is 127. The summed E-state index contributed by atoms with van der Waals surface area (Å²) < 4.78 is 6.29. The molecule has 5 rings (SSSR count). The predicted molar refractivity (Wildman–Crippen MR) is 161 cm³/mol. The molecular formula is C33H31IN2O3. The molecule has 1 aliphatic rings. The fourth-order valence-corrected chi connectivity index (χ4v) is 6.22. The number of carbonyl (C=O) groups is 2. The van der Waals surface area contributed by atoms with Gasteiger partial charge in [0, 0.05) is 23.1 Å². The number of ether oxygens (including phenoxy) is 1. The lowest BCUT2D eigenvalue weighted by Gasteiger charge is -2.38. The average molecular weight is 631 g/mol. The van der Waals surface area contributed by atoms with Gasteiger partial charge in [0.05, 0.1) is 13.2 Å². The Kier molecular flexibility index (Phi) is 8.31. The lowest BCUT2D eigenvalue weighted by Crippen LogP contribution is -2.49. The summed E-state index contributed by atoms with van der Waals surface area (Å²) in [6, 6.07) is 35.2. The van der Waals surface area contributed by atoms with E-state index in [1.165, 1.54) is 0 Å². The largest absolute Gasteiger partial charge is 0.497 e. The van der Waals surface area contributed by atoms with E-state index in [1.807, 2.05) is 114 Å². The van der Waals surface area contributed by atoms with Crippen LogP contribution in [0.25, 0.3) is 0 Å². The Morgan fingerprint density at radius 2 is 1.54 bits per heavy atom. The first-order chi connectivity index (χ1) is 19.0. The molecule has 198 valence electrons. The Bertz CT molecular complexity index is 1430. The van der Waals surface area contributed by atoms with Crippen LogP contribution in [0.2, 0.25) is 0 Å². The molecule has 2 amide bonds. The minimum Gasteiger partial charge on any atom is -0.497 e. The van der Waals surface area contributed by atoms with Crippen LogP contribution in [0.15, 0.2) is 109 Å². The lowest BCUT2D eigenvalue weighted by atomic mass is 9.70. The van der Waals surface area contributed by atoms with E-state index in [-0.39, 0.29) is 18.2 Å². The number of hydrogen-bond acceptors (Lipinski definition) is 3. The maximum absolute atomic E-state index is 14.4. The summed E-state index contributed by atoms with van der Waals surface area (Å²) in [6.45, 7) is 0.897. The number of nitrogens with zero attached hydrogens (tertiary/aromatic N) is 1. The zero-order chi connectivity index (χ0) is 27.2. The molecule has 1 fully saturated rings. The second-order valence-electron chi connectivity index (χ2n) is 9.80. The topological polar surface area (TPSA) is 58.6 Å². The van der Waals surface area contributed by atoms with Crippen LogP contribution in [0.4, 0.5) is 0 Å². The number of nitrogens with one attached hydrogen (secondary N) is 1. The fourth-order valence-electron chi connectivity index (χ4n) is 5.54. The number of amides is 2. The summed E-state index contributed by atoms with van der Waals surface area (Å²) in [4.78, 5) is 30.1. The normalized spacial score (nSPS) is 18.7. The quantitative estimate of drug-likeness (QED) is 0.229. The summed E-state index contributed by atoms with van der Waals surface area (Å²) in [5.74, 6) is 0.641. The molecule has 4 aromatic carbocycles. The highest BCUT2D eigenvalue weighted by Crippen LogP contribution is 2.51. The van der Waals surface area contributed by atoms with E-state index in [1.54, 1.807) is 7.11 Å². The molecule has 1 heterocycles. The first-order valence-electron chi connectivity index (χ1n) is 13.1. The average Bonchev–Trinajstić information content (AvgIpc) is 3.27. The number of likely N-dealkylation sites (tertiary alicyclic amines) is 1. The van der Waals surface area contributed by atoms with Crippen LogP contribution in [0, 0.1) is 3.57 Å². The molecule has 0 saturated carbocycles. The molecule has 1 N–H and O–H groups in total. The molecule has 1 saturated heterocycles. The Morgan fingerprint density at radius 1 is 0.897 bits per heavy atom. The summed E-state index contributed by atoms with van der Waals surface area (Å²) in [5, 5.41) is 3.21. The van der Waals surface area contributed by atoms with E-state index in [0.29, 0.717) is 19.5 Å². The number of benzene rings is 4. The van der Waals surface area contributed by atoms with Gasteiger partial charge in [0.25, 0.3) is 0 Å². The molecule has 5 nitrogen and oxygen atoms in total. The van der Waals surface area contributed by atoms with Crippen molar-refractivity contribution in [2.24, 2.45) is 0 Å². The lowest BCUT2D eigenvalue weighted by molar-refractivity contribution is -0.130. The Morgan fingerprint density at radius 3 is 2.21 bits per heavy atom. The monoisotopic (exact) mass is 630 g/mol. The van der Waals surface area contributed by atoms with Gasteiger partial charge in [-0.3, -0.25) is 9.59 Å². The van der Waals surface area contributed by atoms with Crippen LogP contribution < -0.4 is 10.1 Å². The highest BCUT2D eigenvalue weighted by molar-refractivity contribution is 14.1. The first-order valence-corrected chi connectivity index (χ1v) is 14.2. The van der Waals surface area contributed by atoms with Crippen LogP contribution in [0.3, 0.4) is 0 Å². The standard InChI is InChI=1S/C33H31IN2O3/c1-39-27-18-16-24(17-19-27)20-21-35-32(38)33(26-12-6-3-7-13-26)22-30(37)36(23-25-10-4-2-5-11-25)31(33)28-14-8-9-15-29(28)34/h2-19,31H,20-23H2,1H3,(H,35,38)/t31-,33-/m1/s1. The zero-order valence-corrected chi connectivity index (χ0v) is 24.0. The molecule has 6 heteroatoms. The fraction of sp³-hybridized carbons (Fsp3) is 0.212. The van der Waals surface area contributed by atoms with Gasteiger partial charge in [-0.25, -0.2) is 0 Å². The van der Waals surface area contributed by atoms with Crippen LogP contribution in [-0.4, -0.2) is 30.4 Å². The summed E-state index contributed by atoms with van der Waals surface area (Å²) in [5.41, 5.74) is 2.89. The van der Waals surface area contributed by atoms with Crippen molar-refractivity contribution in [1.82, 2.24) is 10.2 Å². The second kappa shape index (κ2) is 12.0. The Balaban J connectivity index is 1.53. The third kappa shape index (κ3) is 5.57. The van der Waals surface area contributed by atoms with Crippen molar-refractivity contribution in [2.75, 3.05) is 13.7 Å². The van der Waals surface area contributed by atoms with Gasteiger partial charge in [-0.15, -0.1) is 0 Å². The minimum atomic E-state index is -1.08. The molecule has 1 aliphatic heterocycles. The molecule has 2 atom stereocenters. The van der Waals surface area contributed by atoms with Crippen molar-refractivity contribution in [2.45, 2.75) is 30.8 Å². The van der Waals surface area contributed by atoms with Crippen molar-refractivity contribution in [3.63, 3.8) is 0 Å². The molecule has 0 unspecified atom stereocenters. The molecule has 0 aromatic heterocycles. The van der Waals surface area contributed by atoms with Crippen molar-refractivity contribution in [3.05, 3.63) is 135 Å². The van der Waals surface area contributed by atoms with E-state index >= 15 is 0 Å². The first kappa shape index (κ1) is 26.9. The molecule has 0 bridgehead atoms. The highest BCUT2D eigenvalue weighted by Gasteiger charge is 2.58. The SMILES string of the molecule is COc1ccc(CCNC(=O)[C@@]2(c3ccccc3)CC(=O)N(Cc3ccccc3)[C@@H]2c2ccccc2I)cc1. The van der Waals surface area contributed by atoms with E-state index in [0.717, 1.165) is 31.6 Å². The van der Waals surface area contributed by atoms with Crippen LogP contribution in [-0.2, 0) is 28.0 Å². The van der Waals surface area contributed by atoms with Gasteiger partial charge in [0.1, 0.15) is 11.2 Å². The van der Waals surface area contributed by atoms with Gasteiger partial charge in [-0.1, -0.05) is 91.0 Å². The van der Waals surface area contributed by atoms with Crippen molar-refractivity contribution < 1.29 is 14.3 Å². The maximum Gasteiger partial charge on any atom is 0.233 e. The Hall–Kier alpha value is -3.65. The summed E-state index contributed by atoms with van der Waals surface area (Å²) in [7, 11) is 1.65. The third-order valence-corrected chi connectivity index (χ3v) is 8.46. The van der Waals surface area contributed by atoms with Crippen molar-refractivity contribution >= 4 is 34.4 Å². The number of methoxy groups -OCH3 is 1. The maximum atomic E-state index is 14.4. The number of carbonyl (C=O) groups excluding carboxylic acids is 2.